The second-order valence-corrected chi connectivity index (χ2v) is 4.61. The van der Waals surface area contributed by atoms with E-state index in [1.807, 2.05) is 45.9 Å². The molecule has 1 aromatic carbocycles. The van der Waals surface area contributed by atoms with Gasteiger partial charge in [0.2, 0.25) is 5.91 Å². The van der Waals surface area contributed by atoms with Crippen LogP contribution in [0.1, 0.15) is 26.3 Å². The summed E-state index contributed by atoms with van der Waals surface area (Å²) in [5, 5.41) is 6.13. The van der Waals surface area contributed by atoms with Crippen LogP contribution in [0.4, 0.5) is 5.69 Å². The molecule has 0 spiro atoms. The Bertz CT molecular complexity index is 419. The topological polar surface area (TPSA) is 50.4 Å². The van der Waals surface area contributed by atoms with Crippen LogP contribution in [0.3, 0.4) is 0 Å². The van der Waals surface area contributed by atoms with E-state index in [2.05, 4.69) is 10.6 Å². The Kier molecular flexibility index (Phi) is 6.36. The van der Waals surface area contributed by atoms with Crippen molar-refractivity contribution in [1.29, 1.82) is 0 Å². The first-order valence-corrected chi connectivity index (χ1v) is 6.83. The van der Waals surface area contributed by atoms with Crippen molar-refractivity contribution in [3.8, 4) is 5.75 Å². The highest BCUT2D eigenvalue weighted by atomic mass is 16.5. The summed E-state index contributed by atoms with van der Waals surface area (Å²) in [5.41, 5.74) is 1.85. The van der Waals surface area contributed by atoms with Crippen molar-refractivity contribution in [2.24, 2.45) is 5.92 Å². The molecule has 0 radical (unpaired) electrons. The van der Waals surface area contributed by atoms with Gasteiger partial charge >= 0.3 is 0 Å². The second kappa shape index (κ2) is 7.79. The smallest absolute Gasteiger partial charge is 0.228 e. The number of aryl methyl sites for hydroxylation is 1. The minimum absolute atomic E-state index is 0.0354. The molecule has 1 aromatic rings. The van der Waals surface area contributed by atoms with Gasteiger partial charge in [-0.05, 0) is 44.2 Å². The maximum absolute atomic E-state index is 12.0. The molecule has 4 heteroatoms. The van der Waals surface area contributed by atoms with E-state index in [0.29, 0.717) is 13.2 Å². The monoisotopic (exact) mass is 264 g/mol. The minimum Gasteiger partial charge on any atom is -0.494 e. The highest BCUT2D eigenvalue weighted by Crippen LogP contribution is 2.21. The van der Waals surface area contributed by atoms with Gasteiger partial charge < -0.3 is 15.4 Å². The van der Waals surface area contributed by atoms with Gasteiger partial charge in [0.25, 0.3) is 0 Å². The number of hydrogen-bond donors (Lipinski definition) is 2. The second-order valence-electron chi connectivity index (χ2n) is 4.61. The van der Waals surface area contributed by atoms with Crippen molar-refractivity contribution in [3.05, 3.63) is 23.8 Å². The van der Waals surface area contributed by atoms with Gasteiger partial charge in [-0.1, -0.05) is 13.8 Å². The molecule has 106 valence electrons. The molecule has 1 amide bonds. The lowest BCUT2D eigenvalue weighted by atomic mass is 10.1. The number of hydrogen-bond acceptors (Lipinski definition) is 3. The lowest BCUT2D eigenvalue weighted by Gasteiger charge is -2.14. The molecule has 1 rings (SSSR count). The van der Waals surface area contributed by atoms with Crippen molar-refractivity contribution >= 4 is 11.6 Å². The van der Waals surface area contributed by atoms with E-state index in [4.69, 9.17) is 4.74 Å². The van der Waals surface area contributed by atoms with Crippen molar-refractivity contribution in [2.75, 3.05) is 25.0 Å². The molecule has 0 fully saturated rings. The molecule has 1 atom stereocenters. The zero-order valence-electron chi connectivity index (χ0n) is 12.2. The van der Waals surface area contributed by atoms with Crippen molar-refractivity contribution < 1.29 is 9.53 Å². The van der Waals surface area contributed by atoms with Crippen LogP contribution in [0.15, 0.2) is 18.2 Å². The fourth-order valence-corrected chi connectivity index (χ4v) is 1.74. The van der Waals surface area contributed by atoms with Crippen molar-refractivity contribution in [3.63, 3.8) is 0 Å². The standard InChI is InChI=1S/C15H24N2O2/c1-5-16-10-12(4)15(18)17-14-8-7-13(19-6-2)9-11(14)3/h7-9,12,16H,5-6,10H2,1-4H3,(H,17,18). The predicted molar refractivity (Wildman–Crippen MR) is 78.7 cm³/mol. The number of carbonyl (C=O) groups is 1. The summed E-state index contributed by atoms with van der Waals surface area (Å²) in [5.74, 6) is 0.817. The first kappa shape index (κ1) is 15.5. The molecule has 4 nitrogen and oxygen atoms in total. The zero-order chi connectivity index (χ0) is 14.3. The number of nitrogens with one attached hydrogen (secondary N) is 2. The van der Waals surface area contributed by atoms with Crippen LogP contribution < -0.4 is 15.4 Å². The minimum atomic E-state index is -0.0501. The van der Waals surface area contributed by atoms with Crippen LogP contribution in [-0.2, 0) is 4.79 Å². The fraction of sp³-hybridized carbons (Fsp3) is 0.533. The number of rotatable bonds is 7. The van der Waals surface area contributed by atoms with Crippen LogP contribution in [0.5, 0.6) is 5.75 Å². The van der Waals surface area contributed by atoms with Gasteiger partial charge in [0, 0.05) is 18.2 Å². The molecular weight excluding hydrogens is 240 g/mol. The third-order valence-corrected chi connectivity index (χ3v) is 2.91. The SMILES string of the molecule is CCNCC(C)C(=O)Nc1ccc(OCC)cc1C. The van der Waals surface area contributed by atoms with Crippen molar-refractivity contribution in [2.45, 2.75) is 27.7 Å². The highest BCUT2D eigenvalue weighted by molar-refractivity contribution is 5.93. The molecule has 0 bridgehead atoms. The van der Waals surface area contributed by atoms with Gasteiger partial charge in [-0.2, -0.15) is 0 Å². The van der Waals surface area contributed by atoms with Crippen LogP contribution in [0.25, 0.3) is 0 Å². The van der Waals surface area contributed by atoms with E-state index in [0.717, 1.165) is 23.5 Å². The predicted octanol–water partition coefficient (Wildman–Crippen LogP) is 2.58. The van der Waals surface area contributed by atoms with Gasteiger partial charge in [-0.3, -0.25) is 4.79 Å². The van der Waals surface area contributed by atoms with E-state index in [1.165, 1.54) is 0 Å². The van der Waals surface area contributed by atoms with Crippen LogP contribution in [-0.4, -0.2) is 25.6 Å². The maximum atomic E-state index is 12.0. The summed E-state index contributed by atoms with van der Waals surface area (Å²) in [4.78, 5) is 12.0. The maximum Gasteiger partial charge on any atom is 0.228 e. The summed E-state index contributed by atoms with van der Waals surface area (Å²) >= 11 is 0. The number of anilines is 1. The molecular formula is C15H24N2O2. The molecule has 0 aliphatic heterocycles. The molecule has 0 saturated heterocycles. The number of carbonyl (C=O) groups excluding carboxylic acids is 1. The first-order valence-electron chi connectivity index (χ1n) is 6.83. The first-order chi connectivity index (χ1) is 9.08. The van der Waals surface area contributed by atoms with Crippen molar-refractivity contribution in [1.82, 2.24) is 5.32 Å². The molecule has 0 aromatic heterocycles. The van der Waals surface area contributed by atoms with E-state index in [9.17, 15) is 4.79 Å². The van der Waals surface area contributed by atoms with Gasteiger partial charge in [0.15, 0.2) is 0 Å². The average Bonchev–Trinajstić information content (AvgIpc) is 2.39. The van der Waals surface area contributed by atoms with Crippen LogP contribution >= 0.6 is 0 Å². The zero-order valence-corrected chi connectivity index (χ0v) is 12.2. The third kappa shape index (κ3) is 4.91. The van der Waals surface area contributed by atoms with E-state index >= 15 is 0 Å². The van der Waals surface area contributed by atoms with Gasteiger partial charge in [-0.25, -0.2) is 0 Å². The Morgan fingerprint density at radius 2 is 2.11 bits per heavy atom. The summed E-state index contributed by atoms with van der Waals surface area (Å²) in [6, 6.07) is 5.70. The van der Waals surface area contributed by atoms with E-state index < -0.39 is 0 Å². The molecule has 0 heterocycles. The van der Waals surface area contributed by atoms with E-state index in [1.54, 1.807) is 0 Å². The molecule has 0 saturated carbocycles. The Labute approximate surface area is 115 Å². The fourth-order valence-electron chi connectivity index (χ4n) is 1.74. The third-order valence-electron chi connectivity index (χ3n) is 2.91. The normalized spacial score (nSPS) is 12.0. The summed E-state index contributed by atoms with van der Waals surface area (Å²) in [6.07, 6.45) is 0. The summed E-state index contributed by atoms with van der Waals surface area (Å²) < 4.78 is 5.42. The number of ether oxygens (including phenoxy) is 1. The Morgan fingerprint density at radius 3 is 2.68 bits per heavy atom. The highest BCUT2D eigenvalue weighted by Gasteiger charge is 2.13. The lowest BCUT2D eigenvalue weighted by molar-refractivity contribution is -0.119. The molecule has 0 aliphatic carbocycles. The molecule has 0 aliphatic rings. The average molecular weight is 264 g/mol. The largest absolute Gasteiger partial charge is 0.494 e. The van der Waals surface area contributed by atoms with E-state index in [-0.39, 0.29) is 11.8 Å². The number of amides is 1. The van der Waals surface area contributed by atoms with Crippen LogP contribution in [0, 0.1) is 12.8 Å². The van der Waals surface area contributed by atoms with Gasteiger partial charge in [0.05, 0.1) is 6.61 Å². The van der Waals surface area contributed by atoms with Crippen LogP contribution in [0.2, 0.25) is 0 Å². The summed E-state index contributed by atoms with van der Waals surface area (Å²) in [7, 11) is 0. The van der Waals surface area contributed by atoms with Gasteiger partial charge in [0.1, 0.15) is 5.75 Å². The lowest BCUT2D eigenvalue weighted by Crippen LogP contribution is -2.30. The molecule has 2 N–H and O–H groups in total. The Morgan fingerprint density at radius 1 is 1.37 bits per heavy atom. The Hall–Kier alpha value is -1.55. The number of benzene rings is 1. The molecule has 1 unspecified atom stereocenters. The van der Waals surface area contributed by atoms with Gasteiger partial charge in [-0.15, -0.1) is 0 Å². The molecule has 19 heavy (non-hydrogen) atoms. The quantitative estimate of drug-likeness (QED) is 0.796. The summed E-state index contributed by atoms with van der Waals surface area (Å²) in [6.45, 7) is 10.1. The Balaban J connectivity index is 2.63.